The van der Waals surface area contributed by atoms with Gasteiger partial charge in [0.25, 0.3) is 0 Å². The molecule has 0 aromatic carbocycles. The van der Waals surface area contributed by atoms with Gasteiger partial charge in [0.2, 0.25) is 0 Å². The van der Waals surface area contributed by atoms with Crippen LogP contribution < -0.4 is 0 Å². The van der Waals surface area contributed by atoms with Crippen LogP contribution in [0.2, 0.25) is 0 Å². The molecule has 0 radical (unpaired) electrons. The van der Waals surface area contributed by atoms with Crippen LogP contribution in [-0.2, 0) is 14.3 Å². The summed E-state index contributed by atoms with van der Waals surface area (Å²) in [5.74, 6) is 0.0960. The van der Waals surface area contributed by atoms with E-state index in [-0.39, 0.29) is 24.9 Å². The summed E-state index contributed by atoms with van der Waals surface area (Å²) >= 11 is 0. The maximum Gasteiger partial charge on any atom is 0.186 e. The molecule has 256 valence electrons. The molecule has 1 aliphatic heterocycles. The molecule has 9 heteroatoms. The Kier molecular flexibility index (Phi) is 24.9. The minimum Gasteiger partial charge on any atom is -0.394 e. The molecule has 1 saturated heterocycles. The van der Waals surface area contributed by atoms with Gasteiger partial charge in [-0.25, -0.2) is 0 Å². The third-order valence-electron chi connectivity index (χ3n) is 8.62. The fourth-order valence-corrected chi connectivity index (χ4v) is 5.84. The van der Waals surface area contributed by atoms with Crippen molar-refractivity contribution in [2.45, 2.75) is 198 Å². The molecular formula is C34H66O9. The zero-order valence-electron chi connectivity index (χ0n) is 27.1. The molecule has 0 spiro atoms. The van der Waals surface area contributed by atoms with Crippen LogP contribution in [0.5, 0.6) is 0 Å². The van der Waals surface area contributed by atoms with Crippen LogP contribution >= 0.6 is 0 Å². The Morgan fingerprint density at radius 2 is 1.09 bits per heavy atom. The SMILES string of the molecule is C[C@@H](O)C[C@@H](O)CCCCCCCCCCCCCCCCCCCCCC(=O)CCOC1OC(CO)C(O)C(O)C1O. The van der Waals surface area contributed by atoms with Crippen molar-refractivity contribution < 1.29 is 44.9 Å². The first-order valence-electron chi connectivity index (χ1n) is 17.6. The minimum atomic E-state index is -1.47. The van der Waals surface area contributed by atoms with E-state index in [4.69, 9.17) is 9.47 Å². The van der Waals surface area contributed by atoms with E-state index in [2.05, 4.69) is 0 Å². The van der Waals surface area contributed by atoms with Gasteiger partial charge in [0.15, 0.2) is 6.29 Å². The molecule has 1 aliphatic rings. The molecule has 6 N–H and O–H groups in total. The van der Waals surface area contributed by atoms with E-state index in [1.54, 1.807) is 6.92 Å². The number of hydrogen-bond acceptors (Lipinski definition) is 9. The van der Waals surface area contributed by atoms with Crippen LogP contribution in [0, 0.1) is 0 Å². The number of aliphatic hydroxyl groups is 6. The van der Waals surface area contributed by atoms with Gasteiger partial charge < -0.3 is 40.1 Å². The summed E-state index contributed by atoms with van der Waals surface area (Å²) in [5.41, 5.74) is 0. The number of aliphatic hydroxyl groups excluding tert-OH is 6. The van der Waals surface area contributed by atoms with Crippen molar-refractivity contribution >= 4 is 5.78 Å². The first-order chi connectivity index (χ1) is 20.8. The lowest BCUT2D eigenvalue weighted by Crippen LogP contribution is -2.59. The van der Waals surface area contributed by atoms with Crippen molar-refractivity contribution in [3.63, 3.8) is 0 Å². The lowest BCUT2D eigenvalue weighted by Gasteiger charge is -2.39. The highest BCUT2D eigenvalue weighted by Gasteiger charge is 2.43. The van der Waals surface area contributed by atoms with Gasteiger partial charge in [0, 0.05) is 12.8 Å². The zero-order chi connectivity index (χ0) is 31.7. The zero-order valence-corrected chi connectivity index (χ0v) is 27.1. The minimum absolute atomic E-state index is 0.0584. The second kappa shape index (κ2) is 26.6. The van der Waals surface area contributed by atoms with Gasteiger partial charge >= 0.3 is 0 Å². The second-order valence-corrected chi connectivity index (χ2v) is 12.9. The first kappa shape index (κ1) is 40.4. The Bertz CT molecular complexity index is 645. The number of carbonyl (C=O) groups excluding carboxylic acids is 1. The average Bonchev–Trinajstić information content (AvgIpc) is 2.97. The van der Waals surface area contributed by atoms with Gasteiger partial charge in [-0.3, -0.25) is 4.79 Å². The predicted octanol–water partition coefficient (Wildman–Crippen LogP) is 5.09. The molecule has 1 heterocycles. The van der Waals surface area contributed by atoms with E-state index in [1.807, 2.05) is 0 Å². The first-order valence-corrected chi connectivity index (χ1v) is 17.6. The normalized spacial score (nSPS) is 23.8. The summed E-state index contributed by atoms with van der Waals surface area (Å²) in [6.07, 6.45) is 18.6. The third-order valence-corrected chi connectivity index (χ3v) is 8.62. The van der Waals surface area contributed by atoms with Crippen molar-refractivity contribution in [2.75, 3.05) is 13.2 Å². The van der Waals surface area contributed by atoms with Crippen LogP contribution in [0.15, 0.2) is 0 Å². The second-order valence-electron chi connectivity index (χ2n) is 12.9. The molecule has 0 bridgehead atoms. The Labute approximate surface area is 261 Å². The number of hydrogen-bond donors (Lipinski definition) is 6. The largest absolute Gasteiger partial charge is 0.394 e. The summed E-state index contributed by atoms with van der Waals surface area (Å²) in [5, 5.41) is 57.8. The smallest absolute Gasteiger partial charge is 0.186 e. The molecule has 1 rings (SSSR count). The lowest BCUT2D eigenvalue weighted by molar-refractivity contribution is -0.300. The molecule has 7 atom stereocenters. The van der Waals surface area contributed by atoms with Gasteiger partial charge in [-0.15, -0.1) is 0 Å². The third kappa shape index (κ3) is 20.9. The quantitative estimate of drug-likeness (QED) is 0.0629. The predicted molar refractivity (Wildman–Crippen MR) is 169 cm³/mol. The summed E-state index contributed by atoms with van der Waals surface area (Å²) in [7, 11) is 0. The highest BCUT2D eigenvalue weighted by atomic mass is 16.7. The van der Waals surface area contributed by atoms with E-state index in [1.165, 1.54) is 96.3 Å². The highest BCUT2D eigenvalue weighted by molar-refractivity contribution is 5.78. The Hall–Kier alpha value is -0.650. The van der Waals surface area contributed by atoms with Gasteiger partial charge in [0.1, 0.15) is 30.2 Å². The molecule has 0 saturated carbocycles. The van der Waals surface area contributed by atoms with Crippen molar-refractivity contribution in [1.82, 2.24) is 0 Å². The van der Waals surface area contributed by atoms with Gasteiger partial charge in [0.05, 0.1) is 25.4 Å². The van der Waals surface area contributed by atoms with Crippen LogP contribution in [-0.4, -0.2) is 92.5 Å². The summed E-state index contributed by atoms with van der Waals surface area (Å²) in [6, 6.07) is 0. The molecule has 1 fully saturated rings. The molecule has 43 heavy (non-hydrogen) atoms. The number of carbonyl (C=O) groups is 1. The maximum absolute atomic E-state index is 12.1. The fourth-order valence-electron chi connectivity index (χ4n) is 5.84. The Balaban J connectivity index is 1.79. The number of unbranched alkanes of at least 4 members (excludes halogenated alkanes) is 18. The topological polar surface area (TPSA) is 157 Å². The van der Waals surface area contributed by atoms with E-state index >= 15 is 0 Å². The Morgan fingerprint density at radius 3 is 1.53 bits per heavy atom. The molecule has 0 aromatic heterocycles. The maximum atomic E-state index is 12.1. The van der Waals surface area contributed by atoms with Crippen LogP contribution in [0.3, 0.4) is 0 Å². The van der Waals surface area contributed by atoms with Crippen molar-refractivity contribution in [3.8, 4) is 0 Å². The van der Waals surface area contributed by atoms with Gasteiger partial charge in [-0.2, -0.15) is 0 Å². The van der Waals surface area contributed by atoms with Gasteiger partial charge in [-0.05, 0) is 26.2 Å². The van der Waals surface area contributed by atoms with Crippen molar-refractivity contribution in [1.29, 1.82) is 0 Å². The van der Waals surface area contributed by atoms with Gasteiger partial charge in [-0.1, -0.05) is 116 Å². The summed E-state index contributed by atoms with van der Waals surface area (Å²) in [6.45, 7) is 1.28. The number of rotatable bonds is 29. The molecular weight excluding hydrogens is 552 g/mol. The standard InChI is InChI=1S/C34H66O9/c1-27(36)25-29(38)22-20-18-16-14-12-10-8-6-4-2-3-5-7-9-11-13-15-17-19-21-28(37)23-24-42-34-33(41)32(40)31(39)30(26-35)43-34/h27,29-36,38-41H,2-26H2,1H3/t27-,29+,30?,31?,32?,33?,34?/m1/s1. The number of ketones is 1. The van der Waals surface area contributed by atoms with Crippen LogP contribution in [0.4, 0.5) is 0 Å². The Morgan fingerprint density at radius 1 is 0.651 bits per heavy atom. The van der Waals surface area contributed by atoms with Crippen LogP contribution in [0.1, 0.15) is 155 Å². The molecule has 0 aromatic rings. The van der Waals surface area contributed by atoms with Crippen LogP contribution in [0.25, 0.3) is 0 Å². The van der Waals surface area contributed by atoms with E-state index in [0.717, 1.165) is 32.1 Å². The highest BCUT2D eigenvalue weighted by Crippen LogP contribution is 2.22. The van der Waals surface area contributed by atoms with E-state index < -0.39 is 43.4 Å². The van der Waals surface area contributed by atoms with E-state index in [9.17, 15) is 35.4 Å². The molecule has 0 amide bonds. The summed E-state index contributed by atoms with van der Waals surface area (Å²) in [4.78, 5) is 12.1. The number of ether oxygens (including phenoxy) is 2. The fraction of sp³-hybridized carbons (Fsp3) is 0.971. The lowest BCUT2D eigenvalue weighted by atomic mass is 9.99. The summed E-state index contributed by atoms with van der Waals surface area (Å²) < 4.78 is 10.7. The van der Waals surface area contributed by atoms with Crippen molar-refractivity contribution in [3.05, 3.63) is 0 Å². The average molecular weight is 619 g/mol. The molecule has 0 aliphatic carbocycles. The molecule has 9 nitrogen and oxygen atoms in total. The van der Waals surface area contributed by atoms with E-state index in [0.29, 0.717) is 12.8 Å². The monoisotopic (exact) mass is 618 g/mol. The van der Waals surface area contributed by atoms with Crippen molar-refractivity contribution in [2.24, 2.45) is 0 Å². The molecule has 5 unspecified atom stereocenters. The number of Topliss-reactive ketones (excluding diaryl/α,β-unsaturated/α-hetero) is 1.